The number of rotatable bonds is 5. The number of benzene rings is 1. The lowest BCUT2D eigenvalue weighted by atomic mass is 10.0. The van der Waals surface area contributed by atoms with Crippen molar-refractivity contribution in [1.82, 2.24) is 25.2 Å². The molecule has 7 nitrogen and oxygen atoms in total. The van der Waals surface area contributed by atoms with E-state index in [4.69, 9.17) is 11.6 Å². The highest BCUT2D eigenvalue weighted by Crippen LogP contribution is 2.16. The zero-order valence-corrected chi connectivity index (χ0v) is 17.2. The van der Waals surface area contributed by atoms with Crippen LogP contribution in [0.2, 0.25) is 5.02 Å². The second-order valence-corrected chi connectivity index (χ2v) is 8.38. The van der Waals surface area contributed by atoms with E-state index in [0.717, 1.165) is 23.4 Å². The Morgan fingerprint density at radius 1 is 1.17 bits per heavy atom. The van der Waals surface area contributed by atoms with Crippen molar-refractivity contribution in [2.24, 2.45) is 0 Å². The molecule has 0 unspecified atom stereocenters. The van der Waals surface area contributed by atoms with E-state index in [1.54, 1.807) is 39.2 Å². The normalized spacial score (nSPS) is 14.7. The van der Waals surface area contributed by atoms with Crippen LogP contribution >= 0.6 is 22.9 Å². The van der Waals surface area contributed by atoms with Crippen molar-refractivity contribution in [2.75, 3.05) is 13.1 Å². The minimum absolute atomic E-state index is 0.0307. The molecule has 1 fully saturated rings. The summed E-state index contributed by atoms with van der Waals surface area (Å²) in [7, 11) is 0. The van der Waals surface area contributed by atoms with Crippen LogP contribution in [0.3, 0.4) is 0 Å². The van der Waals surface area contributed by atoms with Crippen LogP contribution in [0.1, 0.15) is 28.2 Å². The van der Waals surface area contributed by atoms with Gasteiger partial charge in [0.15, 0.2) is 5.69 Å². The van der Waals surface area contributed by atoms with Gasteiger partial charge in [-0.05, 0) is 48.6 Å². The summed E-state index contributed by atoms with van der Waals surface area (Å²) in [5.74, 6) is -0.114. The van der Waals surface area contributed by atoms with Gasteiger partial charge in [0.1, 0.15) is 0 Å². The molecule has 0 atom stereocenters. The number of nitrogens with zero attached hydrogens (tertiary/aromatic N) is 4. The molecule has 2 amide bonds. The molecule has 0 radical (unpaired) electrons. The Hall–Kier alpha value is -2.71. The first-order valence-electron chi connectivity index (χ1n) is 9.38. The highest BCUT2D eigenvalue weighted by atomic mass is 35.5. The van der Waals surface area contributed by atoms with Crippen molar-refractivity contribution in [2.45, 2.75) is 25.3 Å². The quantitative estimate of drug-likeness (QED) is 0.676. The van der Waals surface area contributed by atoms with Gasteiger partial charge in [0.05, 0.1) is 18.3 Å². The number of hydrogen-bond acceptors (Lipinski definition) is 5. The van der Waals surface area contributed by atoms with Crippen LogP contribution < -0.4 is 5.32 Å². The number of aromatic nitrogens is 3. The summed E-state index contributed by atoms with van der Waals surface area (Å²) < 4.78 is 1.56. The number of carbonyl (C=O) groups is 2. The molecule has 4 rings (SSSR count). The van der Waals surface area contributed by atoms with Crippen molar-refractivity contribution >= 4 is 34.8 Å². The number of halogens is 1. The molecule has 29 heavy (non-hydrogen) atoms. The topological polar surface area (TPSA) is 80.1 Å². The summed E-state index contributed by atoms with van der Waals surface area (Å²) in [5.41, 5.74) is 1.09. The fraction of sp³-hybridized carbons (Fsp3) is 0.300. The van der Waals surface area contributed by atoms with Crippen LogP contribution in [0.5, 0.6) is 0 Å². The van der Waals surface area contributed by atoms with E-state index < -0.39 is 0 Å². The number of carbonyl (C=O) groups excluding carboxylic acids is 2. The van der Waals surface area contributed by atoms with Gasteiger partial charge in [-0.25, -0.2) is 4.68 Å². The number of amides is 2. The minimum atomic E-state index is -0.145. The predicted octanol–water partition coefficient (Wildman–Crippen LogP) is 2.95. The van der Waals surface area contributed by atoms with Gasteiger partial charge in [0, 0.05) is 29.0 Å². The molecule has 1 saturated heterocycles. The average molecular weight is 430 g/mol. The highest BCUT2D eigenvalue weighted by molar-refractivity contribution is 7.10. The van der Waals surface area contributed by atoms with Gasteiger partial charge in [0.2, 0.25) is 5.91 Å². The largest absolute Gasteiger partial charge is 0.353 e. The van der Waals surface area contributed by atoms with E-state index in [2.05, 4.69) is 15.6 Å². The Kier molecular flexibility index (Phi) is 5.92. The van der Waals surface area contributed by atoms with E-state index in [9.17, 15) is 9.59 Å². The van der Waals surface area contributed by atoms with Crippen LogP contribution in [0, 0.1) is 0 Å². The van der Waals surface area contributed by atoms with Crippen molar-refractivity contribution in [3.63, 3.8) is 0 Å². The van der Waals surface area contributed by atoms with Gasteiger partial charge >= 0.3 is 0 Å². The number of piperidine rings is 1. The average Bonchev–Trinajstić information content (AvgIpc) is 3.41. The molecular formula is C20H20ClN5O2S. The van der Waals surface area contributed by atoms with Crippen molar-refractivity contribution in [3.8, 4) is 5.69 Å². The molecule has 0 saturated carbocycles. The van der Waals surface area contributed by atoms with Gasteiger partial charge in [-0.15, -0.1) is 16.4 Å². The zero-order chi connectivity index (χ0) is 20.2. The van der Waals surface area contributed by atoms with Gasteiger partial charge in [-0.3, -0.25) is 9.59 Å². The molecule has 1 aliphatic heterocycles. The summed E-state index contributed by atoms with van der Waals surface area (Å²) in [5, 5.41) is 13.7. The van der Waals surface area contributed by atoms with E-state index in [1.165, 1.54) is 0 Å². The Balaban J connectivity index is 1.30. The van der Waals surface area contributed by atoms with Crippen LogP contribution in [0.25, 0.3) is 5.69 Å². The molecule has 0 bridgehead atoms. The molecule has 3 heterocycles. The standard InChI is InChI=1S/C20H20ClN5O2S/c21-14-3-5-16(6-4-14)26-13-18(23-24-26)20(28)25-9-7-15(8-10-25)22-19(27)12-17-2-1-11-29-17/h1-6,11,13,15H,7-10,12H2,(H,22,27). The molecule has 1 aliphatic rings. The molecule has 0 aliphatic carbocycles. The molecular weight excluding hydrogens is 410 g/mol. The maximum absolute atomic E-state index is 12.7. The lowest BCUT2D eigenvalue weighted by Crippen LogP contribution is -2.47. The number of nitrogens with one attached hydrogen (secondary N) is 1. The maximum atomic E-state index is 12.7. The fourth-order valence-corrected chi connectivity index (χ4v) is 4.15. The third kappa shape index (κ3) is 4.83. The van der Waals surface area contributed by atoms with Gasteiger partial charge in [-0.1, -0.05) is 22.9 Å². The number of hydrogen-bond donors (Lipinski definition) is 1. The molecule has 2 aromatic heterocycles. The molecule has 9 heteroatoms. The first kappa shape index (κ1) is 19.6. The fourth-order valence-electron chi connectivity index (χ4n) is 3.32. The summed E-state index contributed by atoms with van der Waals surface area (Å²) in [6.45, 7) is 1.16. The van der Waals surface area contributed by atoms with Gasteiger partial charge < -0.3 is 10.2 Å². The smallest absolute Gasteiger partial charge is 0.276 e. The molecule has 150 valence electrons. The van der Waals surface area contributed by atoms with Gasteiger partial charge in [-0.2, -0.15) is 0 Å². The van der Waals surface area contributed by atoms with Crippen molar-refractivity contribution in [3.05, 3.63) is 63.6 Å². The second-order valence-electron chi connectivity index (χ2n) is 6.91. The third-order valence-corrected chi connectivity index (χ3v) is 5.99. The molecule has 1 N–H and O–H groups in total. The first-order valence-corrected chi connectivity index (χ1v) is 10.6. The van der Waals surface area contributed by atoms with Crippen molar-refractivity contribution < 1.29 is 9.59 Å². The Morgan fingerprint density at radius 3 is 2.62 bits per heavy atom. The Labute approximate surface area is 177 Å². The van der Waals surface area contributed by atoms with Crippen LogP contribution in [0.4, 0.5) is 0 Å². The van der Waals surface area contributed by atoms with Gasteiger partial charge in [0.25, 0.3) is 5.91 Å². The summed E-state index contributed by atoms with van der Waals surface area (Å²) in [6.07, 6.45) is 3.49. The Bertz CT molecular complexity index is 979. The highest BCUT2D eigenvalue weighted by Gasteiger charge is 2.26. The van der Waals surface area contributed by atoms with E-state index in [0.29, 0.717) is 30.2 Å². The molecule has 1 aromatic carbocycles. The van der Waals surface area contributed by atoms with Crippen molar-refractivity contribution in [1.29, 1.82) is 0 Å². The summed E-state index contributed by atoms with van der Waals surface area (Å²) in [4.78, 5) is 27.7. The summed E-state index contributed by atoms with van der Waals surface area (Å²) >= 11 is 7.48. The van der Waals surface area contributed by atoms with Crippen LogP contribution in [-0.2, 0) is 11.2 Å². The SMILES string of the molecule is O=C(Cc1cccs1)NC1CCN(C(=O)c2cn(-c3ccc(Cl)cc3)nn2)CC1. The lowest BCUT2D eigenvalue weighted by molar-refractivity contribution is -0.121. The van der Waals surface area contributed by atoms with E-state index >= 15 is 0 Å². The zero-order valence-electron chi connectivity index (χ0n) is 15.6. The van der Waals surface area contributed by atoms with Crippen LogP contribution in [-0.4, -0.2) is 50.8 Å². The second kappa shape index (κ2) is 8.75. The molecule has 3 aromatic rings. The van der Waals surface area contributed by atoms with E-state index in [-0.39, 0.29) is 17.9 Å². The third-order valence-electron chi connectivity index (χ3n) is 4.87. The van der Waals surface area contributed by atoms with Crippen LogP contribution in [0.15, 0.2) is 48.0 Å². The predicted molar refractivity (Wildman–Crippen MR) is 111 cm³/mol. The number of likely N-dealkylation sites (tertiary alicyclic amines) is 1. The lowest BCUT2D eigenvalue weighted by Gasteiger charge is -2.31. The maximum Gasteiger partial charge on any atom is 0.276 e. The minimum Gasteiger partial charge on any atom is -0.353 e. The first-order chi connectivity index (χ1) is 14.1. The number of thiophene rings is 1. The molecule has 0 spiro atoms. The Morgan fingerprint density at radius 2 is 1.93 bits per heavy atom. The monoisotopic (exact) mass is 429 g/mol. The van der Waals surface area contributed by atoms with E-state index in [1.807, 2.05) is 29.6 Å². The summed E-state index contributed by atoms with van der Waals surface area (Å²) in [6, 6.07) is 11.2.